The van der Waals surface area contributed by atoms with Crippen molar-refractivity contribution in [2.24, 2.45) is 0 Å². The summed E-state index contributed by atoms with van der Waals surface area (Å²) < 4.78 is 42.8. The fourth-order valence-electron chi connectivity index (χ4n) is 3.01. The van der Waals surface area contributed by atoms with Gasteiger partial charge in [0.25, 0.3) is 10.1 Å². The van der Waals surface area contributed by atoms with Crippen molar-refractivity contribution in [3.8, 4) is 0 Å². The number of hydrogen-bond acceptors (Lipinski definition) is 4. The molecule has 0 aliphatic carbocycles. The van der Waals surface area contributed by atoms with Gasteiger partial charge in [0, 0.05) is 6.61 Å². The third-order valence-electron chi connectivity index (χ3n) is 4.54. The van der Waals surface area contributed by atoms with Crippen LogP contribution in [0.15, 0.2) is 0 Å². The monoisotopic (exact) mass is 382 g/mol. The van der Waals surface area contributed by atoms with E-state index in [1.165, 1.54) is 12.8 Å². The Labute approximate surface area is 155 Å². The van der Waals surface area contributed by atoms with E-state index in [4.69, 9.17) is 14.0 Å². The molecule has 0 atom stereocenters. The summed E-state index contributed by atoms with van der Waals surface area (Å²) in [5, 5.41) is 0. The summed E-state index contributed by atoms with van der Waals surface area (Å²) in [6.45, 7) is 13.2. The van der Waals surface area contributed by atoms with Gasteiger partial charge in [-0.1, -0.05) is 26.7 Å². The van der Waals surface area contributed by atoms with Crippen LogP contribution in [0.25, 0.3) is 0 Å². The molecule has 7 heteroatoms. The van der Waals surface area contributed by atoms with Crippen LogP contribution in [0.4, 0.5) is 0 Å². The molecule has 0 saturated heterocycles. The molecule has 0 unspecified atom stereocenters. The average molecular weight is 383 g/mol. The summed E-state index contributed by atoms with van der Waals surface area (Å²) in [5.74, 6) is -0.139. The smallest absolute Gasteiger partial charge is 0.264 e. The summed E-state index contributed by atoms with van der Waals surface area (Å²) in [6, 6.07) is 0. The van der Waals surface area contributed by atoms with Crippen molar-refractivity contribution < 1.29 is 26.9 Å². The molecular formula is C18H40NO5S+. The van der Waals surface area contributed by atoms with Gasteiger partial charge in [-0.25, -0.2) is 0 Å². The van der Waals surface area contributed by atoms with Gasteiger partial charge in [-0.15, -0.1) is 0 Å². The Morgan fingerprint density at radius 3 is 1.84 bits per heavy atom. The van der Waals surface area contributed by atoms with E-state index in [0.717, 1.165) is 49.9 Å². The van der Waals surface area contributed by atoms with Gasteiger partial charge in [-0.2, -0.15) is 8.42 Å². The van der Waals surface area contributed by atoms with Gasteiger partial charge in [0.15, 0.2) is 0 Å². The Hall–Kier alpha value is -0.210. The van der Waals surface area contributed by atoms with Crippen LogP contribution in [0, 0.1) is 0 Å². The summed E-state index contributed by atoms with van der Waals surface area (Å²) in [7, 11) is -3.85. The fraction of sp³-hybridized carbons (Fsp3) is 1.00. The lowest BCUT2D eigenvalue weighted by atomic mass is 10.1. The number of ether oxygens (including phenoxy) is 2. The van der Waals surface area contributed by atoms with Crippen molar-refractivity contribution in [2.45, 2.75) is 59.3 Å². The predicted octanol–water partition coefficient (Wildman–Crippen LogP) is 3.12. The van der Waals surface area contributed by atoms with E-state index in [1.807, 2.05) is 6.92 Å². The first kappa shape index (κ1) is 24.8. The van der Waals surface area contributed by atoms with Crippen LogP contribution in [0.2, 0.25) is 0 Å². The third kappa shape index (κ3) is 14.6. The molecule has 0 saturated carbocycles. The van der Waals surface area contributed by atoms with Crippen molar-refractivity contribution in [3.05, 3.63) is 0 Å². The second kappa shape index (κ2) is 14.9. The molecule has 0 amide bonds. The van der Waals surface area contributed by atoms with Crippen LogP contribution in [-0.2, 0) is 19.6 Å². The van der Waals surface area contributed by atoms with E-state index >= 15 is 0 Å². The van der Waals surface area contributed by atoms with Crippen molar-refractivity contribution in [3.63, 3.8) is 0 Å². The Morgan fingerprint density at radius 1 is 0.760 bits per heavy atom. The topological polar surface area (TPSA) is 72.8 Å². The van der Waals surface area contributed by atoms with Gasteiger partial charge < -0.3 is 14.0 Å². The van der Waals surface area contributed by atoms with Gasteiger partial charge in [0.2, 0.25) is 0 Å². The van der Waals surface area contributed by atoms with Gasteiger partial charge in [-0.3, -0.25) is 4.55 Å². The zero-order valence-corrected chi connectivity index (χ0v) is 17.4. The molecule has 0 aliphatic heterocycles. The molecule has 0 aliphatic rings. The lowest BCUT2D eigenvalue weighted by molar-refractivity contribution is -0.929. The molecule has 0 rings (SSSR count). The largest absolute Gasteiger partial charge is 0.379 e. The predicted molar refractivity (Wildman–Crippen MR) is 103 cm³/mol. The van der Waals surface area contributed by atoms with Crippen molar-refractivity contribution in [2.75, 3.05) is 58.4 Å². The standard InChI is InChI=1S/C18H39NO5S/c1-4-7-11-19(12-8-5-2,13-9-10-18-25(20,21)22)14-15-24-17-16-23-6-3/h4-18H2,1-3H3/p+1. The van der Waals surface area contributed by atoms with Gasteiger partial charge in [0.05, 0.1) is 45.2 Å². The highest BCUT2D eigenvalue weighted by molar-refractivity contribution is 7.85. The minimum atomic E-state index is -3.85. The zero-order chi connectivity index (χ0) is 19.0. The Morgan fingerprint density at radius 2 is 1.32 bits per heavy atom. The van der Waals surface area contributed by atoms with Gasteiger partial charge in [-0.05, 0) is 32.6 Å². The molecule has 0 radical (unpaired) electrons. The number of nitrogens with zero attached hydrogens (tertiary/aromatic N) is 1. The molecular weight excluding hydrogens is 342 g/mol. The first-order valence-electron chi connectivity index (χ1n) is 9.85. The van der Waals surface area contributed by atoms with E-state index in [2.05, 4.69) is 13.8 Å². The Bertz CT molecular complexity index is 392. The number of rotatable bonds is 18. The SMILES string of the molecule is CCCC[N+](CCCC)(CCCCS(=O)(=O)O)CCOCCOCC. The van der Waals surface area contributed by atoms with Crippen LogP contribution in [0.5, 0.6) is 0 Å². The lowest BCUT2D eigenvalue weighted by Crippen LogP contribution is -2.52. The number of hydrogen-bond donors (Lipinski definition) is 1. The Balaban J connectivity index is 4.55. The number of quaternary nitrogens is 1. The van der Waals surface area contributed by atoms with Gasteiger partial charge in [0.1, 0.15) is 6.54 Å². The summed E-state index contributed by atoms with van der Waals surface area (Å²) in [6.07, 6.45) is 5.97. The Kier molecular flexibility index (Phi) is 14.8. The van der Waals surface area contributed by atoms with E-state index in [0.29, 0.717) is 32.8 Å². The van der Waals surface area contributed by atoms with Crippen LogP contribution in [-0.4, -0.2) is 75.8 Å². The third-order valence-corrected chi connectivity index (χ3v) is 5.35. The highest BCUT2D eigenvalue weighted by atomic mass is 32.2. The minimum Gasteiger partial charge on any atom is -0.379 e. The summed E-state index contributed by atoms with van der Waals surface area (Å²) >= 11 is 0. The van der Waals surface area contributed by atoms with Crippen LogP contribution in [0.1, 0.15) is 59.3 Å². The quantitative estimate of drug-likeness (QED) is 0.224. The second-order valence-electron chi connectivity index (χ2n) is 6.75. The van der Waals surface area contributed by atoms with E-state index in [1.54, 1.807) is 0 Å². The molecule has 0 aromatic carbocycles. The van der Waals surface area contributed by atoms with Crippen molar-refractivity contribution >= 4 is 10.1 Å². The maximum absolute atomic E-state index is 10.9. The second-order valence-corrected chi connectivity index (χ2v) is 8.32. The molecule has 0 fully saturated rings. The molecule has 1 N–H and O–H groups in total. The van der Waals surface area contributed by atoms with Crippen LogP contribution < -0.4 is 0 Å². The zero-order valence-electron chi connectivity index (χ0n) is 16.5. The van der Waals surface area contributed by atoms with E-state index in [-0.39, 0.29) is 5.75 Å². The summed E-state index contributed by atoms with van der Waals surface area (Å²) in [5.41, 5.74) is 0. The van der Waals surface area contributed by atoms with Crippen molar-refractivity contribution in [1.82, 2.24) is 0 Å². The fourth-order valence-corrected chi connectivity index (χ4v) is 3.58. The first-order chi connectivity index (χ1) is 11.9. The van der Waals surface area contributed by atoms with E-state index < -0.39 is 10.1 Å². The average Bonchev–Trinajstić information content (AvgIpc) is 2.57. The van der Waals surface area contributed by atoms with Gasteiger partial charge >= 0.3 is 0 Å². The summed E-state index contributed by atoms with van der Waals surface area (Å²) in [4.78, 5) is 0. The molecule has 152 valence electrons. The lowest BCUT2D eigenvalue weighted by Gasteiger charge is -2.39. The van der Waals surface area contributed by atoms with Crippen LogP contribution >= 0.6 is 0 Å². The molecule has 25 heavy (non-hydrogen) atoms. The molecule has 0 heterocycles. The minimum absolute atomic E-state index is 0.139. The molecule has 0 spiro atoms. The highest BCUT2D eigenvalue weighted by Crippen LogP contribution is 2.15. The van der Waals surface area contributed by atoms with Crippen molar-refractivity contribution in [1.29, 1.82) is 0 Å². The first-order valence-corrected chi connectivity index (χ1v) is 11.5. The maximum atomic E-state index is 10.9. The number of unbranched alkanes of at least 4 members (excludes halogenated alkanes) is 3. The molecule has 0 aromatic rings. The molecule has 6 nitrogen and oxygen atoms in total. The molecule has 0 bridgehead atoms. The van der Waals surface area contributed by atoms with E-state index in [9.17, 15) is 8.42 Å². The molecule has 0 aromatic heterocycles. The van der Waals surface area contributed by atoms with Crippen LogP contribution in [0.3, 0.4) is 0 Å². The maximum Gasteiger partial charge on any atom is 0.264 e. The highest BCUT2D eigenvalue weighted by Gasteiger charge is 2.26. The normalized spacial score (nSPS) is 12.6.